The van der Waals surface area contributed by atoms with Crippen LogP contribution in [0.5, 0.6) is 0 Å². The molecule has 0 aliphatic carbocycles. The fraction of sp³-hybridized carbons (Fsp3) is 0.467. The Labute approximate surface area is 119 Å². The highest BCUT2D eigenvalue weighted by atomic mass is 16.3. The van der Waals surface area contributed by atoms with Crippen molar-refractivity contribution in [3.05, 3.63) is 35.4 Å². The van der Waals surface area contributed by atoms with Gasteiger partial charge >= 0.3 is 0 Å². The first kappa shape index (κ1) is 16.2. The highest BCUT2D eigenvalue weighted by Crippen LogP contribution is 2.07. The van der Waals surface area contributed by atoms with Crippen LogP contribution >= 0.6 is 0 Å². The predicted octanol–water partition coefficient (Wildman–Crippen LogP) is 1.00. The molecule has 0 aliphatic heterocycles. The number of amides is 2. The second-order valence-electron chi connectivity index (χ2n) is 5.17. The monoisotopic (exact) mass is 278 g/mol. The largest absolute Gasteiger partial charge is 0.394 e. The summed E-state index contributed by atoms with van der Waals surface area (Å²) in [6, 6.07) is 7.16. The Morgan fingerprint density at radius 2 is 2.05 bits per heavy atom. The second-order valence-corrected chi connectivity index (χ2v) is 5.17. The fourth-order valence-electron chi connectivity index (χ4n) is 1.67. The summed E-state index contributed by atoms with van der Waals surface area (Å²) >= 11 is 0. The van der Waals surface area contributed by atoms with E-state index in [0.29, 0.717) is 12.0 Å². The quantitative estimate of drug-likeness (QED) is 0.726. The summed E-state index contributed by atoms with van der Waals surface area (Å²) in [5.41, 5.74) is 0.865. The molecule has 1 aromatic carbocycles. The molecule has 0 bridgehead atoms. The predicted molar refractivity (Wildman–Crippen MR) is 77.4 cm³/mol. The van der Waals surface area contributed by atoms with Gasteiger partial charge in [0.2, 0.25) is 5.91 Å². The van der Waals surface area contributed by atoms with Crippen molar-refractivity contribution in [2.24, 2.45) is 0 Å². The molecule has 0 saturated carbocycles. The van der Waals surface area contributed by atoms with Gasteiger partial charge in [0, 0.05) is 5.56 Å². The van der Waals surface area contributed by atoms with Crippen LogP contribution < -0.4 is 10.6 Å². The molecule has 2 amide bonds. The van der Waals surface area contributed by atoms with Crippen molar-refractivity contribution in [3.63, 3.8) is 0 Å². The standard InChI is InChI=1S/C15H22N2O3/c1-4-15(3,10-18)17-13(19)9-16-14(20)12-7-5-6-11(2)8-12/h5-8,18H,4,9-10H2,1-3H3,(H,16,20)(H,17,19). The molecule has 0 radical (unpaired) electrons. The number of benzene rings is 1. The molecular formula is C15H22N2O3. The van der Waals surface area contributed by atoms with Crippen LogP contribution in [0.4, 0.5) is 0 Å². The Kier molecular flexibility index (Phi) is 5.70. The van der Waals surface area contributed by atoms with E-state index in [0.717, 1.165) is 5.56 Å². The van der Waals surface area contributed by atoms with Crippen molar-refractivity contribution in [3.8, 4) is 0 Å². The van der Waals surface area contributed by atoms with Gasteiger partial charge in [0.25, 0.3) is 5.91 Å². The molecule has 110 valence electrons. The molecule has 1 atom stereocenters. The van der Waals surface area contributed by atoms with Crippen molar-refractivity contribution in [1.29, 1.82) is 0 Å². The summed E-state index contributed by atoms with van der Waals surface area (Å²) in [5, 5.41) is 14.5. The fourth-order valence-corrected chi connectivity index (χ4v) is 1.67. The lowest BCUT2D eigenvalue weighted by Crippen LogP contribution is -2.51. The summed E-state index contributed by atoms with van der Waals surface area (Å²) in [4.78, 5) is 23.6. The number of aliphatic hydroxyl groups excluding tert-OH is 1. The second kappa shape index (κ2) is 7.05. The summed E-state index contributed by atoms with van der Waals surface area (Å²) in [7, 11) is 0. The number of aliphatic hydroxyl groups is 1. The number of hydrogen-bond donors (Lipinski definition) is 3. The third-order valence-corrected chi connectivity index (χ3v) is 3.26. The van der Waals surface area contributed by atoms with Crippen LogP contribution in [-0.2, 0) is 4.79 Å². The molecule has 0 saturated heterocycles. The summed E-state index contributed by atoms with van der Waals surface area (Å²) in [6.45, 7) is 5.29. The van der Waals surface area contributed by atoms with Gasteiger partial charge in [-0.2, -0.15) is 0 Å². The Morgan fingerprint density at radius 1 is 1.35 bits per heavy atom. The van der Waals surface area contributed by atoms with Crippen LogP contribution in [0.3, 0.4) is 0 Å². The van der Waals surface area contributed by atoms with E-state index in [2.05, 4.69) is 10.6 Å². The maximum atomic E-state index is 11.9. The van der Waals surface area contributed by atoms with Gasteiger partial charge < -0.3 is 15.7 Å². The van der Waals surface area contributed by atoms with Gasteiger partial charge in [0.1, 0.15) is 0 Å². The summed E-state index contributed by atoms with van der Waals surface area (Å²) < 4.78 is 0. The van der Waals surface area contributed by atoms with Gasteiger partial charge in [0.05, 0.1) is 18.7 Å². The first-order valence-corrected chi connectivity index (χ1v) is 6.67. The van der Waals surface area contributed by atoms with Crippen LogP contribution in [-0.4, -0.2) is 35.6 Å². The maximum Gasteiger partial charge on any atom is 0.251 e. The highest BCUT2D eigenvalue weighted by molar-refractivity contribution is 5.96. The molecule has 0 fully saturated rings. The van der Waals surface area contributed by atoms with Crippen LogP contribution in [0, 0.1) is 6.92 Å². The number of carbonyl (C=O) groups is 2. The third-order valence-electron chi connectivity index (χ3n) is 3.26. The van der Waals surface area contributed by atoms with Crippen molar-refractivity contribution >= 4 is 11.8 Å². The topological polar surface area (TPSA) is 78.4 Å². The number of hydrogen-bond acceptors (Lipinski definition) is 3. The molecule has 1 aromatic rings. The molecule has 3 N–H and O–H groups in total. The smallest absolute Gasteiger partial charge is 0.251 e. The van der Waals surface area contributed by atoms with Crippen LogP contribution in [0.2, 0.25) is 0 Å². The minimum Gasteiger partial charge on any atom is -0.394 e. The summed E-state index contributed by atoms with van der Waals surface area (Å²) in [6.07, 6.45) is 0.612. The minimum atomic E-state index is -0.648. The lowest BCUT2D eigenvalue weighted by atomic mass is 10.0. The van der Waals surface area contributed by atoms with E-state index in [-0.39, 0.29) is 25.0 Å². The molecular weight excluding hydrogens is 256 g/mol. The van der Waals surface area contributed by atoms with Gasteiger partial charge in [-0.05, 0) is 32.4 Å². The van der Waals surface area contributed by atoms with E-state index in [1.54, 1.807) is 25.1 Å². The van der Waals surface area contributed by atoms with Crippen molar-refractivity contribution in [2.75, 3.05) is 13.2 Å². The molecule has 0 aliphatic rings. The first-order chi connectivity index (χ1) is 9.40. The Hall–Kier alpha value is -1.88. The highest BCUT2D eigenvalue weighted by Gasteiger charge is 2.23. The van der Waals surface area contributed by atoms with E-state index in [1.807, 2.05) is 19.9 Å². The van der Waals surface area contributed by atoms with Crippen molar-refractivity contribution in [2.45, 2.75) is 32.7 Å². The zero-order chi connectivity index (χ0) is 15.2. The number of aryl methyl sites for hydroxylation is 1. The van der Waals surface area contributed by atoms with E-state index < -0.39 is 5.54 Å². The molecule has 1 unspecified atom stereocenters. The van der Waals surface area contributed by atoms with Crippen LogP contribution in [0.1, 0.15) is 36.2 Å². The van der Waals surface area contributed by atoms with E-state index in [1.165, 1.54) is 0 Å². The lowest BCUT2D eigenvalue weighted by Gasteiger charge is -2.27. The van der Waals surface area contributed by atoms with Gasteiger partial charge in [0.15, 0.2) is 0 Å². The van der Waals surface area contributed by atoms with Gasteiger partial charge in [-0.25, -0.2) is 0 Å². The van der Waals surface area contributed by atoms with Crippen LogP contribution in [0.15, 0.2) is 24.3 Å². The normalized spacial score (nSPS) is 13.4. The number of nitrogens with one attached hydrogen (secondary N) is 2. The molecule has 0 heterocycles. The third kappa shape index (κ3) is 4.66. The van der Waals surface area contributed by atoms with Crippen LogP contribution in [0.25, 0.3) is 0 Å². The van der Waals surface area contributed by atoms with Crippen molar-refractivity contribution < 1.29 is 14.7 Å². The maximum absolute atomic E-state index is 11.9. The lowest BCUT2D eigenvalue weighted by molar-refractivity contribution is -0.122. The van der Waals surface area contributed by atoms with Crippen molar-refractivity contribution in [1.82, 2.24) is 10.6 Å². The number of carbonyl (C=O) groups excluding carboxylic acids is 2. The molecule has 0 spiro atoms. The Bertz CT molecular complexity index is 482. The Balaban J connectivity index is 2.51. The first-order valence-electron chi connectivity index (χ1n) is 6.67. The Morgan fingerprint density at radius 3 is 2.60 bits per heavy atom. The van der Waals surface area contributed by atoms with Gasteiger partial charge in [-0.3, -0.25) is 9.59 Å². The zero-order valence-electron chi connectivity index (χ0n) is 12.2. The molecule has 5 nitrogen and oxygen atoms in total. The average Bonchev–Trinajstić information content (AvgIpc) is 2.44. The van der Waals surface area contributed by atoms with E-state index >= 15 is 0 Å². The van der Waals surface area contributed by atoms with E-state index in [9.17, 15) is 14.7 Å². The minimum absolute atomic E-state index is 0.109. The molecule has 5 heteroatoms. The SMILES string of the molecule is CCC(C)(CO)NC(=O)CNC(=O)c1cccc(C)c1. The van der Waals surface area contributed by atoms with Gasteiger partial charge in [-0.1, -0.05) is 24.6 Å². The zero-order valence-corrected chi connectivity index (χ0v) is 12.2. The average molecular weight is 278 g/mol. The molecule has 1 rings (SSSR count). The number of rotatable bonds is 6. The molecule has 0 aromatic heterocycles. The molecule has 20 heavy (non-hydrogen) atoms. The van der Waals surface area contributed by atoms with E-state index in [4.69, 9.17) is 0 Å². The van der Waals surface area contributed by atoms with Gasteiger partial charge in [-0.15, -0.1) is 0 Å². The summed E-state index contributed by atoms with van der Waals surface area (Å²) in [5.74, 6) is -0.601.